The van der Waals surface area contributed by atoms with E-state index in [1.54, 1.807) is 7.05 Å². The third-order valence-electron chi connectivity index (χ3n) is 3.99. The van der Waals surface area contributed by atoms with E-state index in [0.717, 1.165) is 12.8 Å². The number of piperidine rings is 1. The highest BCUT2D eigenvalue weighted by Gasteiger charge is 2.38. The predicted molar refractivity (Wildman–Crippen MR) is 81.9 cm³/mol. The van der Waals surface area contributed by atoms with Crippen LogP contribution in [0.5, 0.6) is 0 Å². The van der Waals surface area contributed by atoms with Gasteiger partial charge in [-0.2, -0.15) is 5.10 Å². The zero-order valence-electron chi connectivity index (χ0n) is 13.6. The highest BCUT2D eigenvalue weighted by molar-refractivity contribution is 6.39. The first kappa shape index (κ1) is 15.9. The number of amides is 2. The van der Waals surface area contributed by atoms with Gasteiger partial charge in [-0.05, 0) is 40.5 Å². The van der Waals surface area contributed by atoms with E-state index in [1.165, 1.54) is 5.01 Å². The maximum absolute atomic E-state index is 12.3. The van der Waals surface area contributed by atoms with Crippen LogP contribution in [0, 0.1) is 0 Å². The van der Waals surface area contributed by atoms with Gasteiger partial charge < -0.3 is 10.6 Å². The van der Waals surface area contributed by atoms with Gasteiger partial charge in [-0.3, -0.25) is 9.59 Å². The fourth-order valence-electron chi connectivity index (χ4n) is 3.53. The van der Waals surface area contributed by atoms with Crippen molar-refractivity contribution < 1.29 is 9.59 Å². The number of nitrogens with zero attached hydrogens (tertiary/aromatic N) is 2. The van der Waals surface area contributed by atoms with Crippen LogP contribution >= 0.6 is 0 Å². The van der Waals surface area contributed by atoms with Crippen LogP contribution in [0.1, 0.15) is 53.4 Å². The van der Waals surface area contributed by atoms with Crippen LogP contribution in [0.25, 0.3) is 0 Å². The van der Waals surface area contributed by atoms with Gasteiger partial charge in [0, 0.05) is 37.0 Å². The van der Waals surface area contributed by atoms with E-state index >= 15 is 0 Å². The lowest BCUT2D eigenvalue weighted by Gasteiger charge is -2.46. The van der Waals surface area contributed by atoms with Crippen molar-refractivity contribution >= 4 is 17.5 Å². The van der Waals surface area contributed by atoms with Crippen LogP contribution in [-0.4, -0.2) is 46.7 Å². The molecule has 2 heterocycles. The van der Waals surface area contributed by atoms with E-state index in [9.17, 15) is 9.59 Å². The second-order valence-corrected chi connectivity index (χ2v) is 7.44. The van der Waals surface area contributed by atoms with Gasteiger partial charge in [0.25, 0.3) is 5.91 Å². The molecule has 2 rings (SSSR count). The van der Waals surface area contributed by atoms with E-state index in [0.29, 0.717) is 18.6 Å². The molecule has 21 heavy (non-hydrogen) atoms. The second kappa shape index (κ2) is 5.40. The topological polar surface area (TPSA) is 73.8 Å². The summed E-state index contributed by atoms with van der Waals surface area (Å²) in [7, 11) is 1.59. The zero-order valence-corrected chi connectivity index (χ0v) is 13.6. The Morgan fingerprint density at radius 1 is 1.24 bits per heavy atom. The van der Waals surface area contributed by atoms with Gasteiger partial charge in [-0.15, -0.1) is 0 Å². The average molecular weight is 294 g/mol. The number of hydrazone groups is 1. The standard InChI is InChI=1S/C15H26N4O2/c1-14(2)8-10(9-15(3,4)18-14)16-13(21)11-6-7-12(20)19(5)17-11/h10,18H,6-9H2,1-5H3,(H,16,21). The lowest BCUT2D eigenvalue weighted by atomic mass is 9.79. The molecule has 0 radical (unpaired) electrons. The molecule has 0 spiro atoms. The molecule has 0 unspecified atom stereocenters. The molecule has 2 aliphatic heterocycles. The highest BCUT2D eigenvalue weighted by Crippen LogP contribution is 2.28. The van der Waals surface area contributed by atoms with Crippen LogP contribution in [0.15, 0.2) is 5.10 Å². The van der Waals surface area contributed by atoms with Crippen molar-refractivity contribution in [2.75, 3.05) is 7.05 Å². The maximum atomic E-state index is 12.3. The minimum Gasteiger partial charge on any atom is -0.348 e. The normalized spacial score (nSPS) is 25.5. The summed E-state index contributed by atoms with van der Waals surface area (Å²) in [6.07, 6.45) is 2.53. The summed E-state index contributed by atoms with van der Waals surface area (Å²) in [5, 5.41) is 12.0. The molecule has 118 valence electrons. The van der Waals surface area contributed by atoms with Crippen molar-refractivity contribution in [3.05, 3.63) is 0 Å². The van der Waals surface area contributed by atoms with Crippen LogP contribution in [0.2, 0.25) is 0 Å². The van der Waals surface area contributed by atoms with E-state index in [1.807, 2.05) is 0 Å². The Morgan fingerprint density at radius 3 is 2.33 bits per heavy atom. The molecule has 0 atom stereocenters. The maximum Gasteiger partial charge on any atom is 0.267 e. The third-order valence-corrected chi connectivity index (χ3v) is 3.99. The predicted octanol–water partition coefficient (Wildman–Crippen LogP) is 1.02. The Bertz CT molecular complexity index is 466. The van der Waals surface area contributed by atoms with Gasteiger partial charge >= 0.3 is 0 Å². The smallest absolute Gasteiger partial charge is 0.267 e. The molecule has 2 N–H and O–H groups in total. The first-order valence-electron chi connectivity index (χ1n) is 7.52. The van der Waals surface area contributed by atoms with E-state index in [4.69, 9.17) is 0 Å². The van der Waals surface area contributed by atoms with Crippen LogP contribution in [0.3, 0.4) is 0 Å². The van der Waals surface area contributed by atoms with Gasteiger partial charge in [0.1, 0.15) is 5.71 Å². The Balaban J connectivity index is 2.03. The van der Waals surface area contributed by atoms with Crippen molar-refractivity contribution in [1.82, 2.24) is 15.6 Å². The van der Waals surface area contributed by atoms with Crippen LogP contribution < -0.4 is 10.6 Å². The van der Waals surface area contributed by atoms with E-state index < -0.39 is 0 Å². The van der Waals surface area contributed by atoms with Crippen molar-refractivity contribution in [1.29, 1.82) is 0 Å². The number of nitrogens with one attached hydrogen (secondary N) is 2. The number of hydrogen-bond donors (Lipinski definition) is 2. The molecule has 0 aliphatic carbocycles. The monoisotopic (exact) mass is 294 g/mol. The van der Waals surface area contributed by atoms with Crippen molar-refractivity contribution in [2.45, 2.75) is 70.5 Å². The Labute approximate surface area is 126 Å². The van der Waals surface area contributed by atoms with Crippen LogP contribution in [-0.2, 0) is 9.59 Å². The summed E-state index contributed by atoms with van der Waals surface area (Å²) in [5.74, 6) is -0.191. The zero-order chi connectivity index (χ0) is 15.8. The summed E-state index contributed by atoms with van der Waals surface area (Å²) >= 11 is 0. The van der Waals surface area contributed by atoms with Gasteiger partial charge in [0.15, 0.2) is 0 Å². The quantitative estimate of drug-likeness (QED) is 0.798. The van der Waals surface area contributed by atoms with Gasteiger partial charge in [0.05, 0.1) is 0 Å². The summed E-state index contributed by atoms with van der Waals surface area (Å²) in [6, 6.07) is 0.120. The Kier molecular flexibility index (Phi) is 4.10. The number of hydrogen-bond acceptors (Lipinski definition) is 4. The molecule has 2 amide bonds. The van der Waals surface area contributed by atoms with Gasteiger partial charge in [-0.25, -0.2) is 5.01 Å². The fraction of sp³-hybridized carbons (Fsp3) is 0.800. The molecule has 0 aromatic carbocycles. The van der Waals surface area contributed by atoms with E-state index in [2.05, 4.69) is 43.4 Å². The van der Waals surface area contributed by atoms with Crippen molar-refractivity contribution in [2.24, 2.45) is 5.10 Å². The molecular weight excluding hydrogens is 268 g/mol. The Hall–Kier alpha value is -1.43. The number of carbonyl (C=O) groups is 2. The second-order valence-electron chi connectivity index (χ2n) is 7.44. The van der Waals surface area contributed by atoms with Crippen molar-refractivity contribution in [3.63, 3.8) is 0 Å². The summed E-state index contributed by atoms with van der Waals surface area (Å²) in [5.41, 5.74) is 0.424. The first-order valence-corrected chi connectivity index (χ1v) is 7.52. The average Bonchev–Trinajstić information content (AvgIpc) is 2.28. The molecule has 0 saturated carbocycles. The SMILES string of the molecule is CN1N=C(C(=O)NC2CC(C)(C)NC(C)(C)C2)CCC1=O. The summed E-state index contributed by atoms with van der Waals surface area (Å²) < 4.78 is 0. The van der Waals surface area contributed by atoms with Crippen molar-refractivity contribution in [3.8, 4) is 0 Å². The van der Waals surface area contributed by atoms with E-state index in [-0.39, 0.29) is 28.9 Å². The molecule has 1 fully saturated rings. The molecule has 6 heteroatoms. The fourth-order valence-corrected chi connectivity index (χ4v) is 3.53. The summed E-state index contributed by atoms with van der Waals surface area (Å²) in [4.78, 5) is 23.7. The molecule has 0 aromatic heterocycles. The summed E-state index contributed by atoms with van der Waals surface area (Å²) in [6.45, 7) is 8.60. The largest absolute Gasteiger partial charge is 0.348 e. The Morgan fingerprint density at radius 2 is 1.81 bits per heavy atom. The minimum atomic E-state index is -0.146. The number of rotatable bonds is 2. The molecule has 0 bridgehead atoms. The highest BCUT2D eigenvalue weighted by atomic mass is 16.2. The first-order chi connectivity index (χ1) is 9.58. The van der Waals surface area contributed by atoms with Gasteiger partial charge in [0.2, 0.25) is 5.91 Å². The lowest BCUT2D eigenvalue weighted by Crippen LogP contribution is -2.62. The molecule has 2 aliphatic rings. The third kappa shape index (κ3) is 4.03. The molecule has 1 saturated heterocycles. The van der Waals surface area contributed by atoms with Gasteiger partial charge in [-0.1, -0.05) is 0 Å². The van der Waals surface area contributed by atoms with Crippen LogP contribution in [0.4, 0.5) is 0 Å². The molecular formula is C15H26N4O2. The minimum absolute atomic E-state index is 0.0131. The molecule has 6 nitrogen and oxygen atoms in total. The lowest BCUT2D eigenvalue weighted by molar-refractivity contribution is -0.130. The molecule has 0 aromatic rings. The number of carbonyl (C=O) groups excluding carboxylic acids is 2.